The summed E-state index contributed by atoms with van der Waals surface area (Å²) in [5.74, 6) is 0.603. The molecule has 1 amide bonds. The molecule has 1 aromatic heterocycles. The largest absolute Gasteiger partial charge is 0.437 e. The maximum atomic E-state index is 13.1. The highest BCUT2D eigenvalue weighted by Crippen LogP contribution is 2.49. The van der Waals surface area contributed by atoms with Crippen LogP contribution in [-0.4, -0.2) is 31.6 Å². The van der Waals surface area contributed by atoms with E-state index in [0.29, 0.717) is 15.6 Å². The lowest BCUT2D eigenvalue weighted by molar-refractivity contribution is 0.0942. The lowest BCUT2D eigenvalue weighted by Gasteiger charge is -2.14. The molecule has 2 aromatic rings. The summed E-state index contributed by atoms with van der Waals surface area (Å²) in [5, 5.41) is 13.9. The fraction of sp³-hybridized carbons (Fsp3) is 0.381. The molecule has 2 fully saturated rings. The average Bonchev–Trinajstić information content (AvgIpc) is 3.63. The topological polar surface area (TPSA) is 109 Å². The minimum absolute atomic E-state index is 0.0315. The van der Waals surface area contributed by atoms with Crippen LogP contribution < -0.4 is 10.1 Å². The van der Waals surface area contributed by atoms with E-state index in [4.69, 9.17) is 10.00 Å². The van der Waals surface area contributed by atoms with Gasteiger partial charge in [0.05, 0.1) is 18.0 Å². The number of carbonyl (C=O) groups is 1. The van der Waals surface area contributed by atoms with Crippen molar-refractivity contribution in [1.82, 2.24) is 10.3 Å². The van der Waals surface area contributed by atoms with Crippen molar-refractivity contribution in [3.8, 4) is 17.7 Å². The second-order valence-electron chi connectivity index (χ2n) is 7.67. The maximum absolute atomic E-state index is 13.1. The highest BCUT2D eigenvalue weighted by molar-refractivity contribution is 7.93. The quantitative estimate of drug-likeness (QED) is 0.667. The molecule has 2 unspecified atom stereocenters. The fourth-order valence-electron chi connectivity index (χ4n) is 3.13. The van der Waals surface area contributed by atoms with Crippen LogP contribution in [0.5, 0.6) is 11.6 Å². The average molecular weight is 444 g/mol. The van der Waals surface area contributed by atoms with E-state index < -0.39 is 9.84 Å². The molecule has 1 aromatic carbocycles. The summed E-state index contributed by atoms with van der Waals surface area (Å²) in [6, 6.07) is 10.9. The molecule has 0 spiro atoms. The second-order valence-corrected chi connectivity index (χ2v) is 10.6. The first kappa shape index (κ1) is 20.6. The van der Waals surface area contributed by atoms with Crippen molar-refractivity contribution in [1.29, 1.82) is 5.26 Å². The summed E-state index contributed by atoms with van der Waals surface area (Å²) >= 11 is 1.23. The number of nitrogens with one attached hydrogen (secondary N) is 1. The van der Waals surface area contributed by atoms with Crippen LogP contribution in [0.1, 0.15) is 39.9 Å². The molecule has 30 heavy (non-hydrogen) atoms. The molecule has 0 aliphatic heterocycles. The zero-order valence-electron chi connectivity index (χ0n) is 16.3. The monoisotopic (exact) mass is 443 g/mol. The summed E-state index contributed by atoms with van der Waals surface area (Å²) in [6.07, 6.45) is 5.27. The van der Waals surface area contributed by atoms with Gasteiger partial charge < -0.3 is 10.1 Å². The molecule has 156 valence electrons. The van der Waals surface area contributed by atoms with E-state index in [1.54, 1.807) is 12.1 Å². The normalized spacial score (nSPS) is 21.7. The van der Waals surface area contributed by atoms with E-state index in [1.807, 2.05) is 18.2 Å². The first-order valence-electron chi connectivity index (χ1n) is 9.66. The van der Waals surface area contributed by atoms with E-state index in [9.17, 15) is 13.2 Å². The first-order valence-corrected chi connectivity index (χ1v) is 12.4. The summed E-state index contributed by atoms with van der Waals surface area (Å²) in [4.78, 5) is 17.9. The molecule has 0 saturated heterocycles. The Balaban J connectivity index is 1.58. The van der Waals surface area contributed by atoms with Crippen LogP contribution in [0.3, 0.4) is 0 Å². The molecule has 1 N–H and O–H groups in total. The Morgan fingerprint density at radius 3 is 2.70 bits per heavy atom. The molecule has 2 aliphatic rings. The zero-order valence-corrected chi connectivity index (χ0v) is 17.9. The van der Waals surface area contributed by atoms with Gasteiger partial charge in [-0.3, -0.25) is 4.79 Å². The third-order valence-corrected chi connectivity index (χ3v) is 6.83. The number of hydrogen-bond donors (Lipinski definition) is 1. The smallest absolute Gasteiger partial charge is 0.267 e. The van der Waals surface area contributed by atoms with Gasteiger partial charge in [0.1, 0.15) is 10.8 Å². The van der Waals surface area contributed by atoms with Crippen molar-refractivity contribution in [3.05, 3.63) is 51.7 Å². The molecule has 7 nitrogen and oxygen atoms in total. The molecule has 2 saturated carbocycles. The molecular formula is C21H21N3O4S2. The Labute approximate surface area is 179 Å². The number of amides is 1. The molecule has 2 aliphatic carbocycles. The molecule has 4 rings (SSSR count). The van der Waals surface area contributed by atoms with Gasteiger partial charge in [0.15, 0.2) is 14.7 Å². The number of rotatable bonds is 8. The third-order valence-electron chi connectivity index (χ3n) is 5.01. The van der Waals surface area contributed by atoms with Gasteiger partial charge in [-0.15, -0.1) is 11.3 Å². The molecule has 0 radical (unpaired) electrons. The summed E-state index contributed by atoms with van der Waals surface area (Å²) in [6.45, 7) is 0. The zero-order chi connectivity index (χ0) is 21.3. The standard InChI is InChI=1S/C21H21N3O4S2/c1-30(26,27)10-9-17(13-7-8-13)23-19(25)18-20(28-15-5-3-2-4-6-15)24-21(29-18)16-11-14(16)12-22/h2-6,9-10,13-14,16-17H,7-8,11H2,1H3,(H,23,25)/b10-9+/t14?,16?,17-/m1/s1. The van der Waals surface area contributed by atoms with Crippen LogP contribution in [0.15, 0.2) is 41.8 Å². The Hall–Kier alpha value is -2.70. The highest BCUT2D eigenvalue weighted by Gasteiger charge is 2.42. The number of benzene rings is 1. The van der Waals surface area contributed by atoms with Gasteiger partial charge in [-0.1, -0.05) is 24.3 Å². The van der Waals surface area contributed by atoms with Crippen LogP contribution in [0.2, 0.25) is 0 Å². The number of carbonyl (C=O) groups excluding carboxylic acids is 1. The number of para-hydroxylation sites is 1. The minimum Gasteiger partial charge on any atom is -0.437 e. The number of ether oxygens (including phenoxy) is 1. The lowest BCUT2D eigenvalue weighted by atomic mass is 10.2. The van der Waals surface area contributed by atoms with Crippen LogP contribution in [0.25, 0.3) is 0 Å². The van der Waals surface area contributed by atoms with Crippen molar-refractivity contribution in [2.45, 2.75) is 31.2 Å². The van der Waals surface area contributed by atoms with E-state index >= 15 is 0 Å². The van der Waals surface area contributed by atoms with Gasteiger partial charge in [0.2, 0.25) is 5.88 Å². The molecule has 0 bridgehead atoms. The Morgan fingerprint density at radius 1 is 1.37 bits per heavy atom. The van der Waals surface area contributed by atoms with Crippen molar-refractivity contribution >= 4 is 27.1 Å². The van der Waals surface area contributed by atoms with E-state index in [-0.39, 0.29) is 35.6 Å². The molecule has 3 atom stereocenters. The fourth-order valence-corrected chi connectivity index (χ4v) is 4.66. The predicted molar refractivity (Wildman–Crippen MR) is 113 cm³/mol. The maximum Gasteiger partial charge on any atom is 0.267 e. The van der Waals surface area contributed by atoms with Gasteiger partial charge in [0.25, 0.3) is 5.91 Å². The summed E-state index contributed by atoms with van der Waals surface area (Å²) < 4.78 is 28.8. The number of aromatic nitrogens is 1. The Bertz CT molecular complexity index is 1110. The highest BCUT2D eigenvalue weighted by atomic mass is 32.2. The summed E-state index contributed by atoms with van der Waals surface area (Å²) in [7, 11) is -3.28. The van der Waals surface area contributed by atoms with E-state index in [1.165, 1.54) is 17.4 Å². The van der Waals surface area contributed by atoms with Crippen molar-refractivity contribution < 1.29 is 17.9 Å². The summed E-state index contributed by atoms with van der Waals surface area (Å²) in [5.41, 5.74) is 0. The van der Waals surface area contributed by atoms with E-state index in [0.717, 1.165) is 30.9 Å². The van der Waals surface area contributed by atoms with Gasteiger partial charge in [-0.05, 0) is 37.3 Å². The second kappa shape index (κ2) is 8.20. The third kappa shape index (κ3) is 5.07. The lowest BCUT2D eigenvalue weighted by Crippen LogP contribution is -2.34. The van der Waals surface area contributed by atoms with Crippen molar-refractivity contribution in [3.63, 3.8) is 0 Å². The number of nitriles is 1. The van der Waals surface area contributed by atoms with Gasteiger partial charge >= 0.3 is 0 Å². The van der Waals surface area contributed by atoms with Crippen LogP contribution in [-0.2, 0) is 9.84 Å². The number of sulfone groups is 1. The molecular weight excluding hydrogens is 422 g/mol. The van der Waals surface area contributed by atoms with Gasteiger partial charge in [-0.25, -0.2) is 13.4 Å². The Kier molecular flexibility index (Phi) is 5.62. The van der Waals surface area contributed by atoms with Crippen LogP contribution in [0.4, 0.5) is 0 Å². The first-order chi connectivity index (χ1) is 14.3. The predicted octanol–water partition coefficient (Wildman–Crippen LogP) is 3.63. The van der Waals surface area contributed by atoms with Crippen molar-refractivity contribution in [2.75, 3.05) is 6.26 Å². The Morgan fingerprint density at radius 2 is 2.10 bits per heavy atom. The van der Waals surface area contributed by atoms with Crippen LogP contribution in [0, 0.1) is 23.2 Å². The molecule has 9 heteroatoms. The molecule has 1 heterocycles. The van der Waals surface area contributed by atoms with Gasteiger partial charge in [-0.2, -0.15) is 5.26 Å². The van der Waals surface area contributed by atoms with Crippen LogP contribution >= 0.6 is 11.3 Å². The SMILES string of the molecule is CS(=O)(=O)/C=C/[C@@H](NC(=O)c1sc(C2CC2C#N)nc1Oc1ccccc1)C1CC1. The number of nitrogens with zero attached hydrogens (tertiary/aromatic N) is 2. The van der Waals surface area contributed by atoms with Gasteiger partial charge in [0, 0.05) is 17.6 Å². The van der Waals surface area contributed by atoms with E-state index in [2.05, 4.69) is 16.4 Å². The van der Waals surface area contributed by atoms with Crippen molar-refractivity contribution in [2.24, 2.45) is 11.8 Å². The minimum atomic E-state index is -3.28. The number of thiazole rings is 1. The number of hydrogen-bond acceptors (Lipinski definition) is 7.